The molecule has 0 aromatic rings. The van der Waals surface area contributed by atoms with Crippen molar-refractivity contribution in [1.82, 2.24) is 21.3 Å². The molecule has 45 nitrogen and oxygen atoms in total. The molecule has 8 heterocycles. The van der Waals surface area contributed by atoms with Crippen LogP contribution in [0.3, 0.4) is 0 Å². The maximum Gasteiger partial charge on any atom is 0.217 e. The van der Waals surface area contributed by atoms with Gasteiger partial charge in [-0.2, -0.15) is 0 Å². The Hall–Kier alpha value is -3.60. The number of nitrogens with one attached hydrogen (secondary N) is 4. The summed E-state index contributed by atoms with van der Waals surface area (Å²) in [6.45, 7) is -4.55. The van der Waals surface area contributed by atoms with Gasteiger partial charge in [0, 0.05) is 27.7 Å². The summed E-state index contributed by atoms with van der Waals surface area (Å²) in [5.74, 6) is -3.45. The fourth-order valence-electron chi connectivity index (χ4n) is 13.0. The minimum absolute atomic E-state index is 0.770. The molecular weight excluding hydrogens is 1380 g/mol. The lowest BCUT2D eigenvalue weighted by atomic mass is 9.93. The third-order valence-electron chi connectivity index (χ3n) is 18.3. The van der Waals surface area contributed by atoms with Crippen LogP contribution in [0.4, 0.5) is 0 Å². The predicted molar refractivity (Wildman–Crippen MR) is 311 cm³/mol. The van der Waals surface area contributed by atoms with Gasteiger partial charge in [-0.05, 0) is 0 Å². The van der Waals surface area contributed by atoms with Gasteiger partial charge in [-0.25, -0.2) is 0 Å². The number of aliphatic hydroxyl groups is 22. The van der Waals surface area contributed by atoms with Crippen LogP contribution < -0.4 is 21.3 Å². The van der Waals surface area contributed by atoms with Crippen molar-refractivity contribution in [2.45, 2.75) is 273 Å². The zero-order valence-corrected chi connectivity index (χ0v) is 54.3. The van der Waals surface area contributed by atoms with E-state index in [0.717, 1.165) is 27.7 Å². The van der Waals surface area contributed by atoms with Crippen LogP contribution in [-0.4, -0.2) is 434 Å². The predicted octanol–water partition coefficient (Wildman–Crippen LogP) is -17.9. The largest absolute Gasteiger partial charge is 0.394 e. The molecule has 0 spiro atoms. The van der Waals surface area contributed by atoms with Crippen molar-refractivity contribution in [1.29, 1.82) is 0 Å². The zero-order chi connectivity index (χ0) is 74.5. The molecule has 1 unspecified atom stereocenters. The summed E-state index contributed by atoms with van der Waals surface area (Å²) in [6, 6.07) is -7.14. The Morgan fingerprint density at radius 3 is 0.970 bits per heavy atom. The van der Waals surface area contributed by atoms with E-state index in [-0.39, 0.29) is 0 Å². The highest BCUT2D eigenvalue weighted by Gasteiger charge is 2.60. The SMILES string of the molecule is CC(=O)N[C@H]1[C@H](O[C@H]2[C@H](O)[C@@H](NC(C)=O)C(O)O[C@@H]2CO)O[C@H](CO)[C@@H](O[C@@H]2O[C@H](CO[C@H]3O[C@H](CO)[C@@H](O)[C@H](O)[C@@H]3O[C@@H]3O[C@H](CO)[C@@H](O)[C@H](O)[C@H]3NC(C)=O)[C@@H](O)[C@H](O[C@H]3O[C@H](CO)[C@@H](O)[C@H](O)[C@@H]3O[C@@H]3O[C@H](CO)[C@@H](O[C@@H]4O[C@H](CO)[C@@H](O)[C@H](O)[C@H]4O)[C@H](O)[C@H]3NC(C)=O)[C@@H]2O)[C@@H]1O. The van der Waals surface area contributed by atoms with Gasteiger partial charge >= 0.3 is 0 Å². The van der Waals surface area contributed by atoms with E-state index in [1.165, 1.54) is 0 Å². The molecule has 0 aromatic heterocycles. The molecule has 0 saturated carbocycles. The quantitative estimate of drug-likeness (QED) is 0.0382. The fourth-order valence-corrected chi connectivity index (χ4v) is 13.0. The first-order valence-corrected chi connectivity index (χ1v) is 32.1. The Bertz CT molecular complexity index is 2640. The van der Waals surface area contributed by atoms with Crippen molar-refractivity contribution in [3.8, 4) is 0 Å². The summed E-state index contributed by atoms with van der Waals surface area (Å²) >= 11 is 0. The standard InChI is InChI=1S/C56H94N4O41/c1-13(68)57-25-35(78)43(21(9-65)88-49(25)86)96-51-27(59-15(3)70)36(79)45(23(11-67)93-51)98-54-42(85)46(33(76)24(95-54)12-87-55-47(39(82)31(74)19(7-63)91-55)100-50-26(58-14(2)69)34(77)29(72)17(5-61)89-50)99-56-48(40(83)32(75)20(8-64)92-56)101-52-28(60-16(4)71)37(80)44(22(10-66)94-52)97-53-41(84)38(81)30(73)18(6-62)90-53/h17-56,61-67,72-86H,5-12H2,1-4H3,(H,57,68)(H,58,69)(H,59,70)(H,60,71)/t17-,18-,19-,20-,21-,22-,23-,24-,25-,26-,27-,28-,29-,30-,31-,32-,33-,34-,35-,36-,37-,38+,39+,40+,41-,42+,43-,44-,45-,46+,47+,48+,49?,50+,51+,52+,53+,54+,55+,56-/m1/s1. The number of carbonyl (C=O) groups excluding carboxylic acids is 4. The van der Waals surface area contributed by atoms with E-state index in [4.69, 9.17) is 71.1 Å². The molecule has 8 aliphatic rings. The number of hydrogen-bond donors (Lipinski definition) is 26. The Balaban J connectivity index is 1.14. The highest BCUT2D eigenvalue weighted by atomic mass is 16.8. The van der Waals surface area contributed by atoms with Crippen molar-refractivity contribution in [3.05, 3.63) is 0 Å². The van der Waals surface area contributed by atoms with Gasteiger partial charge in [-0.15, -0.1) is 0 Å². The molecular formula is C56H94N4O41. The van der Waals surface area contributed by atoms with Crippen LogP contribution in [0.15, 0.2) is 0 Å². The molecule has 4 amide bonds. The van der Waals surface area contributed by atoms with Crippen molar-refractivity contribution < 1.29 is 203 Å². The smallest absolute Gasteiger partial charge is 0.217 e. The molecule has 0 aromatic carbocycles. The molecule has 8 rings (SSSR count). The van der Waals surface area contributed by atoms with Crippen LogP contribution in [0, 0.1) is 0 Å². The van der Waals surface area contributed by atoms with Crippen LogP contribution in [0.2, 0.25) is 0 Å². The van der Waals surface area contributed by atoms with Gasteiger partial charge in [0.2, 0.25) is 23.6 Å². The number of carbonyl (C=O) groups is 4. The maximum atomic E-state index is 12.9. The Kier molecular flexibility index (Phi) is 29.9. The number of amides is 4. The second-order valence-electron chi connectivity index (χ2n) is 25.4. The van der Waals surface area contributed by atoms with Crippen LogP contribution in [0.25, 0.3) is 0 Å². The number of hydrogen-bond acceptors (Lipinski definition) is 41. The van der Waals surface area contributed by atoms with Crippen LogP contribution in [-0.2, 0) is 90.2 Å². The first-order valence-electron chi connectivity index (χ1n) is 32.1. The van der Waals surface area contributed by atoms with E-state index in [0.29, 0.717) is 0 Å². The average Bonchev–Trinajstić information content (AvgIpc) is 0.772. The highest BCUT2D eigenvalue weighted by molar-refractivity contribution is 5.74. The minimum atomic E-state index is -2.52. The van der Waals surface area contributed by atoms with E-state index in [1.807, 2.05) is 0 Å². The molecule has 8 aliphatic heterocycles. The Morgan fingerprint density at radius 1 is 0.257 bits per heavy atom. The van der Waals surface area contributed by atoms with E-state index in [2.05, 4.69) is 21.3 Å². The normalized spacial score (nSPS) is 48.3. The third-order valence-corrected chi connectivity index (χ3v) is 18.3. The zero-order valence-electron chi connectivity index (χ0n) is 54.3. The first-order chi connectivity index (χ1) is 47.8. The summed E-state index contributed by atoms with van der Waals surface area (Å²) in [7, 11) is 0. The molecule has 0 radical (unpaired) electrons. The monoisotopic (exact) mass is 1480 g/mol. The molecule has 584 valence electrons. The lowest BCUT2D eigenvalue weighted by Crippen LogP contribution is -2.71. The summed E-state index contributed by atoms with van der Waals surface area (Å²) < 4.78 is 88.6. The maximum absolute atomic E-state index is 12.9. The Morgan fingerprint density at radius 2 is 0.545 bits per heavy atom. The number of rotatable bonds is 26. The molecule has 40 atom stereocenters. The average molecular weight is 1480 g/mol. The minimum Gasteiger partial charge on any atom is -0.394 e. The summed E-state index contributed by atoms with van der Waals surface area (Å²) in [5.41, 5.74) is 0. The second kappa shape index (κ2) is 36.3. The topological polar surface area (TPSA) is 700 Å². The van der Waals surface area contributed by atoms with Crippen LogP contribution in [0.1, 0.15) is 27.7 Å². The van der Waals surface area contributed by atoms with Crippen molar-refractivity contribution >= 4 is 23.6 Å². The van der Waals surface area contributed by atoms with E-state index in [9.17, 15) is 132 Å². The molecule has 26 N–H and O–H groups in total. The van der Waals surface area contributed by atoms with Crippen LogP contribution >= 0.6 is 0 Å². The molecule has 101 heavy (non-hydrogen) atoms. The van der Waals surface area contributed by atoms with Gasteiger partial charge in [-0.3, -0.25) is 19.2 Å². The first kappa shape index (κ1) is 83.0. The second-order valence-corrected chi connectivity index (χ2v) is 25.4. The van der Waals surface area contributed by atoms with Gasteiger partial charge < -0.3 is 205 Å². The van der Waals surface area contributed by atoms with Gasteiger partial charge in [0.05, 0.1) is 52.9 Å². The van der Waals surface area contributed by atoms with E-state index in [1.54, 1.807) is 0 Å². The summed E-state index contributed by atoms with van der Waals surface area (Å²) in [4.78, 5) is 50.2. The fraction of sp³-hybridized carbons (Fsp3) is 0.929. The number of aliphatic hydroxyl groups excluding tert-OH is 22. The number of ether oxygens (including phenoxy) is 15. The molecule has 45 heteroatoms. The van der Waals surface area contributed by atoms with Crippen molar-refractivity contribution in [2.24, 2.45) is 0 Å². The van der Waals surface area contributed by atoms with Gasteiger partial charge in [-0.1, -0.05) is 0 Å². The molecule has 0 bridgehead atoms. The highest BCUT2D eigenvalue weighted by Crippen LogP contribution is 2.39. The van der Waals surface area contributed by atoms with E-state index < -0.39 is 322 Å². The van der Waals surface area contributed by atoms with E-state index >= 15 is 0 Å². The molecule has 8 saturated heterocycles. The summed E-state index contributed by atoms with van der Waals surface area (Å²) in [5, 5.41) is 252. The van der Waals surface area contributed by atoms with Crippen LogP contribution in [0.5, 0.6) is 0 Å². The summed E-state index contributed by atoms with van der Waals surface area (Å²) in [6.07, 6.45) is -73.5. The molecule has 0 aliphatic carbocycles. The van der Waals surface area contributed by atoms with Gasteiger partial charge in [0.15, 0.2) is 50.3 Å². The lowest BCUT2D eigenvalue weighted by molar-refractivity contribution is -0.398. The van der Waals surface area contributed by atoms with Crippen molar-refractivity contribution in [2.75, 3.05) is 52.9 Å². The van der Waals surface area contributed by atoms with Crippen molar-refractivity contribution in [3.63, 3.8) is 0 Å². The lowest BCUT2D eigenvalue weighted by Gasteiger charge is -2.51. The third kappa shape index (κ3) is 18.5. The molecule has 8 fully saturated rings. The van der Waals surface area contributed by atoms with Gasteiger partial charge in [0.1, 0.15) is 195 Å². The Labute approximate surface area is 572 Å². The van der Waals surface area contributed by atoms with Gasteiger partial charge in [0.25, 0.3) is 0 Å².